The predicted octanol–water partition coefficient (Wildman–Crippen LogP) is 7.22. The molecule has 2 atom stereocenters. The van der Waals surface area contributed by atoms with Crippen LogP contribution in [0.4, 0.5) is 13.2 Å². The highest BCUT2D eigenvalue weighted by molar-refractivity contribution is 5.66. The second-order valence-electron chi connectivity index (χ2n) is 7.73. The number of halogens is 3. The van der Waals surface area contributed by atoms with Crippen molar-refractivity contribution in [2.24, 2.45) is 5.92 Å². The molecule has 1 aliphatic heterocycles. The molecule has 1 heterocycles. The van der Waals surface area contributed by atoms with Gasteiger partial charge in [0.05, 0.1) is 19.3 Å². The average Bonchev–Trinajstić information content (AvgIpc) is 2.72. The standard InChI is InChI=1S/C24H29F3O2/c1-3-5-13-28-17-8-9-18(21(25)14-17)19-10-11-20(24(27)23(19)26)22-12-7-16(6-4-2)15-29-22/h8-11,14,16,22H,3-7,12-13,15H2,1-2H3. The number of hydrogen-bond donors (Lipinski definition) is 0. The topological polar surface area (TPSA) is 18.5 Å². The fraction of sp³-hybridized carbons (Fsp3) is 0.500. The highest BCUT2D eigenvalue weighted by atomic mass is 19.2. The second-order valence-corrected chi connectivity index (χ2v) is 7.73. The molecule has 0 saturated carbocycles. The van der Waals surface area contributed by atoms with Gasteiger partial charge < -0.3 is 9.47 Å². The molecule has 0 radical (unpaired) electrons. The summed E-state index contributed by atoms with van der Waals surface area (Å²) in [5.74, 6) is -1.77. The Labute approximate surface area is 171 Å². The van der Waals surface area contributed by atoms with Gasteiger partial charge in [0.2, 0.25) is 0 Å². The van der Waals surface area contributed by atoms with Gasteiger partial charge in [-0.3, -0.25) is 0 Å². The smallest absolute Gasteiger partial charge is 0.167 e. The van der Waals surface area contributed by atoms with Gasteiger partial charge in [0, 0.05) is 22.8 Å². The van der Waals surface area contributed by atoms with Gasteiger partial charge in [-0.25, -0.2) is 13.2 Å². The van der Waals surface area contributed by atoms with Crippen LogP contribution in [0.1, 0.15) is 64.0 Å². The molecule has 2 aromatic carbocycles. The quantitative estimate of drug-likeness (QED) is 0.431. The molecule has 158 valence electrons. The molecule has 0 amide bonds. The molecule has 2 unspecified atom stereocenters. The number of rotatable bonds is 8. The van der Waals surface area contributed by atoms with Crippen LogP contribution in [-0.2, 0) is 4.74 Å². The minimum atomic E-state index is -1.04. The molecule has 2 nitrogen and oxygen atoms in total. The third kappa shape index (κ3) is 5.13. The maximum atomic E-state index is 14.8. The molecule has 0 spiro atoms. The van der Waals surface area contributed by atoms with Crippen molar-refractivity contribution in [1.82, 2.24) is 0 Å². The van der Waals surface area contributed by atoms with Crippen LogP contribution in [0.15, 0.2) is 30.3 Å². The van der Waals surface area contributed by atoms with Crippen molar-refractivity contribution < 1.29 is 22.6 Å². The first kappa shape index (κ1) is 21.7. The van der Waals surface area contributed by atoms with E-state index in [-0.39, 0.29) is 16.7 Å². The summed E-state index contributed by atoms with van der Waals surface area (Å²) in [6.07, 6.45) is 5.16. The molecule has 0 aliphatic carbocycles. The SMILES string of the molecule is CCCCOc1ccc(-c2ccc(C3CCC(CCC)CO3)c(F)c2F)c(F)c1. The van der Waals surface area contributed by atoms with E-state index in [4.69, 9.17) is 9.47 Å². The van der Waals surface area contributed by atoms with Gasteiger partial charge in [0.1, 0.15) is 11.6 Å². The van der Waals surface area contributed by atoms with Gasteiger partial charge in [0.15, 0.2) is 11.6 Å². The number of benzene rings is 2. The molecule has 0 aromatic heterocycles. The van der Waals surface area contributed by atoms with Crippen molar-refractivity contribution in [3.63, 3.8) is 0 Å². The fourth-order valence-corrected chi connectivity index (χ4v) is 3.85. The van der Waals surface area contributed by atoms with Gasteiger partial charge in [-0.15, -0.1) is 0 Å². The molecular weight excluding hydrogens is 377 g/mol. The molecule has 1 saturated heterocycles. The van der Waals surface area contributed by atoms with Crippen molar-refractivity contribution in [1.29, 1.82) is 0 Å². The molecule has 5 heteroatoms. The Morgan fingerprint density at radius 2 is 1.76 bits per heavy atom. The molecule has 0 N–H and O–H groups in total. The van der Waals surface area contributed by atoms with Crippen molar-refractivity contribution in [2.45, 2.75) is 58.5 Å². The summed E-state index contributed by atoms with van der Waals surface area (Å²) in [4.78, 5) is 0. The largest absolute Gasteiger partial charge is 0.493 e. The van der Waals surface area contributed by atoms with E-state index in [0.29, 0.717) is 31.3 Å². The van der Waals surface area contributed by atoms with E-state index < -0.39 is 23.6 Å². The van der Waals surface area contributed by atoms with Crippen LogP contribution < -0.4 is 4.74 Å². The maximum Gasteiger partial charge on any atom is 0.167 e. The highest BCUT2D eigenvalue weighted by Gasteiger charge is 2.27. The minimum absolute atomic E-state index is 0.0170. The van der Waals surface area contributed by atoms with Crippen LogP contribution in [0.3, 0.4) is 0 Å². The van der Waals surface area contributed by atoms with Gasteiger partial charge in [-0.1, -0.05) is 38.8 Å². The van der Waals surface area contributed by atoms with Crippen molar-refractivity contribution in [3.05, 3.63) is 53.3 Å². The maximum absolute atomic E-state index is 14.8. The second kappa shape index (κ2) is 10.1. The van der Waals surface area contributed by atoms with Gasteiger partial charge in [-0.2, -0.15) is 0 Å². The fourth-order valence-electron chi connectivity index (χ4n) is 3.85. The summed E-state index contributed by atoms with van der Waals surface area (Å²) >= 11 is 0. The third-order valence-electron chi connectivity index (χ3n) is 5.52. The minimum Gasteiger partial charge on any atom is -0.493 e. The van der Waals surface area contributed by atoms with Crippen LogP contribution >= 0.6 is 0 Å². The number of ether oxygens (including phenoxy) is 2. The summed E-state index contributed by atoms with van der Waals surface area (Å²) in [6, 6.07) is 7.18. The third-order valence-corrected chi connectivity index (χ3v) is 5.52. The summed E-state index contributed by atoms with van der Waals surface area (Å²) in [7, 11) is 0. The van der Waals surface area contributed by atoms with E-state index in [1.165, 1.54) is 24.3 Å². The average molecular weight is 406 g/mol. The van der Waals surface area contributed by atoms with E-state index in [2.05, 4.69) is 6.92 Å². The molecule has 0 bridgehead atoms. The lowest BCUT2D eigenvalue weighted by Gasteiger charge is -2.29. The molecule has 3 rings (SSSR count). The zero-order valence-electron chi connectivity index (χ0n) is 17.1. The van der Waals surface area contributed by atoms with Crippen LogP contribution in [0.25, 0.3) is 11.1 Å². The summed E-state index contributed by atoms with van der Waals surface area (Å²) in [5.41, 5.74) is 0.132. The monoisotopic (exact) mass is 406 g/mol. The van der Waals surface area contributed by atoms with Gasteiger partial charge in [0.25, 0.3) is 0 Å². The predicted molar refractivity (Wildman–Crippen MR) is 108 cm³/mol. The van der Waals surface area contributed by atoms with Gasteiger partial charge in [-0.05, 0) is 43.7 Å². The van der Waals surface area contributed by atoms with E-state index in [9.17, 15) is 13.2 Å². The lowest BCUT2D eigenvalue weighted by Crippen LogP contribution is -2.21. The van der Waals surface area contributed by atoms with E-state index >= 15 is 0 Å². The number of hydrogen-bond acceptors (Lipinski definition) is 2. The zero-order valence-corrected chi connectivity index (χ0v) is 17.1. The van der Waals surface area contributed by atoms with Crippen LogP contribution in [0.2, 0.25) is 0 Å². The van der Waals surface area contributed by atoms with E-state index in [1.54, 1.807) is 6.07 Å². The Balaban J connectivity index is 1.77. The van der Waals surface area contributed by atoms with Crippen LogP contribution in [0, 0.1) is 23.4 Å². The highest BCUT2D eigenvalue weighted by Crippen LogP contribution is 2.37. The first-order valence-electron chi connectivity index (χ1n) is 10.6. The lowest BCUT2D eigenvalue weighted by atomic mass is 9.91. The Kier molecular flexibility index (Phi) is 7.59. The molecule has 29 heavy (non-hydrogen) atoms. The van der Waals surface area contributed by atoms with Crippen LogP contribution in [0.5, 0.6) is 5.75 Å². The Morgan fingerprint density at radius 1 is 0.966 bits per heavy atom. The Hall–Kier alpha value is -2.01. The molecular formula is C24H29F3O2. The summed E-state index contributed by atoms with van der Waals surface area (Å²) in [6.45, 7) is 5.22. The van der Waals surface area contributed by atoms with E-state index in [1.807, 2.05) is 6.92 Å². The Bertz CT molecular complexity index is 814. The van der Waals surface area contributed by atoms with Crippen molar-refractivity contribution in [2.75, 3.05) is 13.2 Å². The van der Waals surface area contributed by atoms with Crippen molar-refractivity contribution >= 4 is 0 Å². The molecule has 1 fully saturated rings. The Morgan fingerprint density at radius 3 is 2.41 bits per heavy atom. The molecule has 1 aliphatic rings. The lowest BCUT2D eigenvalue weighted by molar-refractivity contribution is -0.0214. The van der Waals surface area contributed by atoms with Gasteiger partial charge >= 0.3 is 0 Å². The molecule has 2 aromatic rings. The number of unbranched alkanes of at least 4 members (excludes halogenated alkanes) is 1. The summed E-state index contributed by atoms with van der Waals surface area (Å²) in [5, 5.41) is 0. The first-order chi connectivity index (χ1) is 14.0. The zero-order chi connectivity index (χ0) is 20.8. The summed E-state index contributed by atoms with van der Waals surface area (Å²) < 4.78 is 55.4. The van der Waals surface area contributed by atoms with Crippen molar-refractivity contribution in [3.8, 4) is 16.9 Å². The first-order valence-corrected chi connectivity index (χ1v) is 10.6. The normalized spacial score (nSPS) is 19.3. The van der Waals surface area contributed by atoms with Crippen LogP contribution in [-0.4, -0.2) is 13.2 Å². The van der Waals surface area contributed by atoms with E-state index in [0.717, 1.165) is 32.1 Å².